The first-order valence-corrected chi connectivity index (χ1v) is 6.79. The van der Waals surface area contributed by atoms with Gasteiger partial charge in [-0.15, -0.1) is 0 Å². The second-order valence-corrected chi connectivity index (χ2v) is 5.33. The third-order valence-electron chi connectivity index (χ3n) is 3.62. The molecule has 0 saturated heterocycles. The minimum Gasteiger partial charge on any atom is -0.395 e. The number of nitrogens with two attached hydrogens (primary N) is 1. The van der Waals surface area contributed by atoms with Crippen LogP contribution >= 0.6 is 11.6 Å². The van der Waals surface area contributed by atoms with Crippen molar-refractivity contribution in [2.75, 3.05) is 13.2 Å². The normalized spacial score (nSPS) is 14.0. The minimum atomic E-state index is -0.654. The molecule has 2 rings (SSSR count). The van der Waals surface area contributed by atoms with Gasteiger partial charge < -0.3 is 10.8 Å². The van der Waals surface area contributed by atoms with E-state index in [0.717, 1.165) is 5.56 Å². The number of benzene rings is 2. The van der Waals surface area contributed by atoms with Crippen molar-refractivity contribution >= 4 is 11.6 Å². The van der Waals surface area contributed by atoms with E-state index in [9.17, 15) is 9.50 Å². The summed E-state index contributed by atoms with van der Waals surface area (Å²) in [6.45, 7) is 0.126. The van der Waals surface area contributed by atoms with Crippen molar-refractivity contribution in [3.8, 4) is 0 Å². The second-order valence-electron chi connectivity index (χ2n) is 4.92. The average molecular weight is 294 g/mol. The van der Waals surface area contributed by atoms with E-state index in [0.29, 0.717) is 17.0 Å². The van der Waals surface area contributed by atoms with Gasteiger partial charge in [0.2, 0.25) is 0 Å². The zero-order valence-electron chi connectivity index (χ0n) is 11.0. The van der Waals surface area contributed by atoms with Crippen molar-refractivity contribution in [3.63, 3.8) is 0 Å². The molecule has 0 aliphatic rings. The van der Waals surface area contributed by atoms with Crippen molar-refractivity contribution < 1.29 is 9.50 Å². The summed E-state index contributed by atoms with van der Waals surface area (Å²) in [5, 5.41) is 10.3. The Balaban J connectivity index is 2.42. The van der Waals surface area contributed by atoms with E-state index >= 15 is 0 Å². The standard InChI is InChI=1S/C16H17ClFNO/c17-15-7-6-14(18)8-12(15)9-16(10-19,11-20)13-4-2-1-3-5-13/h1-8,20H,9-11,19H2. The van der Waals surface area contributed by atoms with Crippen molar-refractivity contribution in [2.45, 2.75) is 11.8 Å². The van der Waals surface area contributed by atoms with Crippen LogP contribution in [0.3, 0.4) is 0 Å². The lowest BCUT2D eigenvalue weighted by atomic mass is 9.76. The third kappa shape index (κ3) is 3.01. The van der Waals surface area contributed by atoms with E-state index in [-0.39, 0.29) is 19.0 Å². The largest absolute Gasteiger partial charge is 0.395 e. The summed E-state index contributed by atoms with van der Waals surface area (Å²) in [6.07, 6.45) is 0.389. The monoisotopic (exact) mass is 293 g/mol. The fourth-order valence-corrected chi connectivity index (χ4v) is 2.52. The van der Waals surface area contributed by atoms with Crippen LogP contribution in [0.2, 0.25) is 5.02 Å². The highest BCUT2D eigenvalue weighted by Crippen LogP contribution is 2.30. The van der Waals surface area contributed by atoms with E-state index in [2.05, 4.69) is 0 Å². The van der Waals surface area contributed by atoms with E-state index < -0.39 is 5.41 Å². The molecule has 0 heterocycles. The maximum absolute atomic E-state index is 13.4. The lowest BCUT2D eigenvalue weighted by Gasteiger charge is -2.31. The molecule has 0 radical (unpaired) electrons. The Hall–Kier alpha value is -1.42. The van der Waals surface area contributed by atoms with Crippen LogP contribution in [0, 0.1) is 5.82 Å². The van der Waals surface area contributed by atoms with Gasteiger partial charge >= 0.3 is 0 Å². The van der Waals surface area contributed by atoms with Crippen molar-refractivity contribution in [2.24, 2.45) is 5.73 Å². The highest BCUT2D eigenvalue weighted by atomic mass is 35.5. The Labute approximate surface area is 123 Å². The molecule has 0 fully saturated rings. The first-order chi connectivity index (χ1) is 9.61. The zero-order chi connectivity index (χ0) is 14.6. The highest BCUT2D eigenvalue weighted by Gasteiger charge is 2.31. The van der Waals surface area contributed by atoms with Crippen LogP contribution in [0.25, 0.3) is 0 Å². The summed E-state index contributed by atoms with van der Waals surface area (Å²) in [5.74, 6) is -0.346. The summed E-state index contributed by atoms with van der Waals surface area (Å²) >= 11 is 6.11. The van der Waals surface area contributed by atoms with Gasteiger partial charge in [0.15, 0.2) is 0 Å². The molecule has 2 aromatic rings. The third-order valence-corrected chi connectivity index (χ3v) is 3.98. The smallest absolute Gasteiger partial charge is 0.123 e. The Morgan fingerprint density at radius 2 is 1.85 bits per heavy atom. The predicted molar refractivity (Wildman–Crippen MR) is 79.4 cm³/mol. The highest BCUT2D eigenvalue weighted by molar-refractivity contribution is 6.31. The summed E-state index contributed by atoms with van der Waals surface area (Å²) in [4.78, 5) is 0. The van der Waals surface area contributed by atoms with Crippen LogP contribution in [0.5, 0.6) is 0 Å². The Morgan fingerprint density at radius 1 is 1.15 bits per heavy atom. The number of hydrogen-bond acceptors (Lipinski definition) is 2. The van der Waals surface area contributed by atoms with Gasteiger partial charge in [-0.05, 0) is 35.7 Å². The first-order valence-electron chi connectivity index (χ1n) is 6.42. The van der Waals surface area contributed by atoms with Gasteiger partial charge in [0.25, 0.3) is 0 Å². The van der Waals surface area contributed by atoms with Gasteiger partial charge in [-0.3, -0.25) is 0 Å². The fourth-order valence-electron chi connectivity index (χ4n) is 2.34. The lowest BCUT2D eigenvalue weighted by Crippen LogP contribution is -2.41. The fraction of sp³-hybridized carbons (Fsp3) is 0.250. The number of aliphatic hydroxyl groups excluding tert-OH is 1. The molecule has 2 nitrogen and oxygen atoms in total. The molecule has 0 amide bonds. The molecule has 3 N–H and O–H groups in total. The SMILES string of the molecule is NCC(CO)(Cc1cc(F)ccc1Cl)c1ccccc1. The van der Waals surface area contributed by atoms with Gasteiger partial charge in [0.05, 0.1) is 6.61 Å². The van der Waals surface area contributed by atoms with Gasteiger partial charge in [-0.25, -0.2) is 4.39 Å². The zero-order valence-corrected chi connectivity index (χ0v) is 11.8. The van der Waals surface area contributed by atoms with E-state index in [1.54, 1.807) is 0 Å². The summed E-state index contributed by atoms with van der Waals surface area (Å²) in [5.41, 5.74) is 6.81. The van der Waals surface area contributed by atoms with Crippen LogP contribution in [0.4, 0.5) is 4.39 Å². The van der Waals surface area contributed by atoms with Crippen LogP contribution in [0.15, 0.2) is 48.5 Å². The van der Waals surface area contributed by atoms with Gasteiger partial charge in [0, 0.05) is 17.0 Å². The van der Waals surface area contributed by atoms with Crippen LogP contribution in [0.1, 0.15) is 11.1 Å². The molecule has 0 bridgehead atoms. The van der Waals surface area contributed by atoms with Crippen LogP contribution < -0.4 is 5.73 Å². The van der Waals surface area contributed by atoms with Gasteiger partial charge in [-0.1, -0.05) is 41.9 Å². The molecular weight excluding hydrogens is 277 g/mol. The van der Waals surface area contributed by atoms with E-state index in [1.807, 2.05) is 30.3 Å². The van der Waals surface area contributed by atoms with Crippen molar-refractivity contribution in [1.82, 2.24) is 0 Å². The molecular formula is C16H17ClFNO. The van der Waals surface area contributed by atoms with E-state index in [1.165, 1.54) is 18.2 Å². The van der Waals surface area contributed by atoms with Crippen molar-refractivity contribution in [1.29, 1.82) is 0 Å². The Morgan fingerprint density at radius 3 is 2.45 bits per heavy atom. The molecule has 0 aliphatic carbocycles. The molecule has 0 saturated carbocycles. The van der Waals surface area contributed by atoms with Gasteiger partial charge in [0.1, 0.15) is 5.82 Å². The molecule has 1 unspecified atom stereocenters. The Bertz CT molecular complexity index is 570. The molecule has 0 spiro atoms. The maximum atomic E-state index is 13.4. The Kier molecular flexibility index (Phi) is 4.76. The van der Waals surface area contributed by atoms with Crippen LogP contribution in [-0.2, 0) is 11.8 Å². The molecule has 1 atom stereocenters. The number of hydrogen-bond donors (Lipinski definition) is 2. The summed E-state index contributed by atoms with van der Waals surface area (Å²) < 4.78 is 13.4. The molecule has 4 heteroatoms. The predicted octanol–water partition coefficient (Wildman–Crippen LogP) is 2.91. The average Bonchev–Trinajstić information content (AvgIpc) is 2.49. The number of halogens is 2. The van der Waals surface area contributed by atoms with Crippen LogP contribution in [-0.4, -0.2) is 18.3 Å². The molecule has 0 aliphatic heterocycles. The summed E-state index contributed by atoms with van der Waals surface area (Å²) in [6, 6.07) is 13.7. The van der Waals surface area contributed by atoms with Crippen molar-refractivity contribution in [3.05, 3.63) is 70.5 Å². The van der Waals surface area contributed by atoms with Gasteiger partial charge in [-0.2, -0.15) is 0 Å². The molecule has 106 valence electrons. The second kappa shape index (κ2) is 6.35. The maximum Gasteiger partial charge on any atom is 0.123 e. The minimum absolute atomic E-state index is 0.125. The number of rotatable bonds is 5. The van der Waals surface area contributed by atoms with E-state index in [4.69, 9.17) is 17.3 Å². The molecule has 20 heavy (non-hydrogen) atoms. The lowest BCUT2D eigenvalue weighted by molar-refractivity contribution is 0.196. The topological polar surface area (TPSA) is 46.2 Å². The summed E-state index contributed by atoms with van der Waals surface area (Å²) in [7, 11) is 0. The first kappa shape index (κ1) is 15.0. The number of aliphatic hydroxyl groups is 1. The molecule has 0 aromatic heterocycles. The molecule has 2 aromatic carbocycles. The quantitative estimate of drug-likeness (QED) is 0.890.